The number of thiazole rings is 1. The van der Waals surface area contributed by atoms with Crippen LogP contribution >= 0.6 is 11.3 Å². The number of fused-ring (bicyclic) bond motifs is 1. The molecule has 0 aliphatic heterocycles. The second-order valence-corrected chi connectivity index (χ2v) is 7.63. The van der Waals surface area contributed by atoms with Crippen LogP contribution in [0.1, 0.15) is 17.5 Å². The van der Waals surface area contributed by atoms with Crippen LogP contribution in [0.5, 0.6) is 0 Å². The molecule has 0 N–H and O–H groups in total. The summed E-state index contributed by atoms with van der Waals surface area (Å²) in [5.74, 6) is -1.80. The molecule has 6 nitrogen and oxygen atoms in total. The number of aryl methyl sites for hydroxylation is 1. The van der Waals surface area contributed by atoms with Crippen LogP contribution in [-0.2, 0) is 6.54 Å². The van der Waals surface area contributed by atoms with E-state index < -0.39 is 11.6 Å². The van der Waals surface area contributed by atoms with Crippen molar-refractivity contribution in [3.05, 3.63) is 75.5 Å². The van der Waals surface area contributed by atoms with Crippen molar-refractivity contribution in [2.75, 3.05) is 11.4 Å². The van der Waals surface area contributed by atoms with Gasteiger partial charge in [-0.05, 0) is 26.0 Å². The summed E-state index contributed by atoms with van der Waals surface area (Å²) in [6.07, 6.45) is 4.75. The van der Waals surface area contributed by atoms with Gasteiger partial charge >= 0.3 is 0 Å². The second-order valence-electron chi connectivity index (χ2n) is 6.45. The molecule has 4 rings (SSSR count). The second kappa shape index (κ2) is 7.67. The Morgan fingerprint density at radius 1 is 1.14 bits per heavy atom. The normalized spacial score (nSPS) is 11.2. The third-order valence-corrected chi connectivity index (χ3v) is 5.54. The molecule has 0 aliphatic rings. The van der Waals surface area contributed by atoms with Crippen LogP contribution in [0.3, 0.4) is 0 Å². The van der Waals surface area contributed by atoms with Crippen molar-refractivity contribution in [1.29, 1.82) is 0 Å². The van der Waals surface area contributed by atoms with Gasteiger partial charge in [-0.1, -0.05) is 0 Å². The molecule has 0 radical (unpaired) electrons. The molecule has 4 aromatic rings. The fourth-order valence-corrected chi connectivity index (χ4v) is 4.24. The number of anilines is 1. The van der Waals surface area contributed by atoms with E-state index in [9.17, 15) is 13.6 Å². The van der Waals surface area contributed by atoms with Crippen molar-refractivity contribution < 1.29 is 8.78 Å². The molecule has 0 bridgehead atoms. The fraction of sp³-hybridized carbons (Fsp3) is 0.200. The summed E-state index contributed by atoms with van der Waals surface area (Å²) >= 11 is 1.41. The monoisotopic (exact) mass is 413 g/mol. The summed E-state index contributed by atoms with van der Waals surface area (Å²) in [6, 6.07) is 5.22. The number of nitrogens with zero attached hydrogens (tertiary/aromatic N) is 5. The average molecular weight is 413 g/mol. The highest BCUT2D eigenvalue weighted by Crippen LogP contribution is 2.29. The highest BCUT2D eigenvalue weighted by Gasteiger charge is 2.17. The Morgan fingerprint density at radius 3 is 2.59 bits per heavy atom. The number of aromatic nitrogens is 4. The maximum atomic E-state index is 13.6. The largest absolute Gasteiger partial charge is 0.366 e. The molecule has 0 spiro atoms. The van der Waals surface area contributed by atoms with E-state index in [-0.39, 0.29) is 5.56 Å². The molecule has 0 unspecified atom stereocenters. The van der Waals surface area contributed by atoms with Crippen molar-refractivity contribution in [3.63, 3.8) is 0 Å². The summed E-state index contributed by atoms with van der Waals surface area (Å²) in [7, 11) is 0. The Hall–Kier alpha value is -3.20. The SMILES string of the molecule is CCN(Cc1cc(=O)n2c(-c3cncnc3)c(C)sc2n1)c1ccc(F)c(F)c1. The van der Waals surface area contributed by atoms with Crippen LogP contribution in [-0.4, -0.2) is 25.9 Å². The summed E-state index contributed by atoms with van der Waals surface area (Å²) in [5, 5.41) is 0. The average Bonchev–Trinajstić information content (AvgIpc) is 3.05. The summed E-state index contributed by atoms with van der Waals surface area (Å²) < 4.78 is 28.4. The third-order valence-electron chi connectivity index (χ3n) is 4.58. The van der Waals surface area contributed by atoms with Crippen LogP contribution in [0.15, 0.2) is 47.8 Å². The number of hydrogen-bond donors (Lipinski definition) is 0. The first-order valence-electron chi connectivity index (χ1n) is 8.95. The zero-order valence-corrected chi connectivity index (χ0v) is 16.6. The molecule has 0 amide bonds. The van der Waals surface area contributed by atoms with Crippen molar-refractivity contribution in [2.24, 2.45) is 0 Å². The first kappa shape index (κ1) is 19.1. The van der Waals surface area contributed by atoms with Gasteiger partial charge in [0.25, 0.3) is 5.56 Å². The van der Waals surface area contributed by atoms with Crippen molar-refractivity contribution >= 4 is 22.0 Å². The van der Waals surface area contributed by atoms with E-state index >= 15 is 0 Å². The minimum Gasteiger partial charge on any atom is -0.366 e. The highest BCUT2D eigenvalue weighted by molar-refractivity contribution is 7.17. The van der Waals surface area contributed by atoms with Gasteiger partial charge in [0.1, 0.15) is 6.33 Å². The lowest BCUT2D eigenvalue weighted by atomic mass is 10.2. The zero-order valence-electron chi connectivity index (χ0n) is 15.8. The Kier molecular flexibility index (Phi) is 5.06. The molecular weight excluding hydrogens is 396 g/mol. The standard InChI is InChI=1S/C20H17F2N5OS/c1-3-26(15-4-5-16(21)17(22)7-15)10-14-6-18(28)27-19(12(2)29-20(27)25-14)13-8-23-11-24-9-13/h4-9,11H,3,10H2,1-2H3. The summed E-state index contributed by atoms with van der Waals surface area (Å²) in [4.78, 5) is 28.9. The summed E-state index contributed by atoms with van der Waals surface area (Å²) in [6.45, 7) is 4.66. The van der Waals surface area contributed by atoms with E-state index in [1.165, 1.54) is 29.8 Å². The molecule has 1 aromatic carbocycles. The predicted octanol–water partition coefficient (Wildman–Crippen LogP) is 3.83. The molecule has 0 aliphatic carbocycles. The molecule has 9 heteroatoms. The van der Waals surface area contributed by atoms with E-state index in [1.54, 1.807) is 16.8 Å². The molecule has 0 saturated heterocycles. The number of halogens is 2. The van der Waals surface area contributed by atoms with Gasteiger partial charge in [0.05, 0.1) is 17.9 Å². The van der Waals surface area contributed by atoms with Gasteiger partial charge in [0.2, 0.25) is 0 Å². The van der Waals surface area contributed by atoms with Gasteiger partial charge in [-0.15, -0.1) is 11.3 Å². The van der Waals surface area contributed by atoms with Crippen LogP contribution < -0.4 is 10.5 Å². The van der Waals surface area contributed by atoms with E-state index in [2.05, 4.69) is 15.0 Å². The molecule has 148 valence electrons. The Labute approximate surface area is 169 Å². The van der Waals surface area contributed by atoms with Gasteiger partial charge in [0.15, 0.2) is 16.6 Å². The molecule has 29 heavy (non-hydrogen) atoms. The molecule has 0 atom stereocenters. The number of rotatable bonds is 5. The number of benzene rings is 1. The van der Waals surface area contributed by atoms with Crippen LogP contribution in [0.4, 0.5) is 14.5 Å². The van der Waals surface area contributed by atoms with Gasteiger partial charge in [0, 0.05) is 47.2 Å². The minimum atomic E-state index is -0.909. The minimum absolute atomic E-state index is 0.213. The fourth-order valence-electron chi connectivity index (χ4n) is 3.22. The Morgan fingerprint density at radius 2 is 1.90 bits per heavy atom. The van der Waals surface area contributed by atoms with E-state index in [4.69, 9.17) is 0 Å². The molecule has 0 fully saturated rings. The lowest BCUT2D eigenvalue weighted by Gasteiger charge is -2.22. The first-order valence-corrected chi connectivity index (χ1v) is 9.77. The number of hydrogen-bond acceptors (Lipinski definition) is 6. The van der Waals surface area contributed by atoms with Gasteiger partial charge in [-0.2, -0.15) is 0 Å². The molecule has 0 saturated carbocycles. The maximum Gasteiger partial charge on any atom is 0.259 e. The summed E-state index contributed by atoms with van der Waals surface area (Å²) in [5.41, 5.74) is 2.33. The van der Waals surface area contributed by atoms with Crippen molar-refractivity contribution in [3.8, 4) is 11.3 Å². The van der Waals surface area contributed by atoms with Gasteiger partial charge in [-0.3, -0.25) is 9.20 Å². The van der Waals surface area contributed by atoms with Crippen LogP contribution in [0, 0.1) is 18.6 Å². The zero-order chi connectivity index (χ0) is 20.5. The highest BCUT2D eigenvalue weighted by atomic mass is 32.1. The van der Waals surface area contributed by atoms with Gasteiger partial charge < -0.3 is 4.90 Å². The van der Waals surface area contributed by atoms with Crippen molar-refractivity contribution in [2.45, 2.75) is 20.4 Å². The van der Waals surface area contributed by atoms with Crippen LogP contribution in [0.25, 0.3) is 16.2 Å². The van der Waals surface area contributed by atoms with Gasteiger partial charge in [-0.25, -0.2) is 23.7 Å². The Balaban J connectivity index is 1.74. The smallest absolute Gasteiger partial charge is 0.259 e. The molecule has 3 heterocycles. The predicted molar refractivity (Wildman–Crippen MR) is 108 cm³/mol. The topological polar surface area (TPSA) is 63.4 Å². The van der Waals surface area contributed by atoms with Crippen LogP contribution in [0.2, 0.25) is 0 Å². The maximum absolute atomic E-state index is 13.6. The lowest BCUT2D eigenvalue weighted by Crippen LogP contribution is -2.25. The van der Waals surface area contributed by atoms with E-state index in [0.717, 1.165) is 28.3 Å². The van der Waals surface area contributed by atoms with E-state index in [1.807, 2.05) is 18.7 Å². The van der Waals surface area contributed by atoms with Crippen molar-refractivity contribution in [1.82, 2.24) is 19.4 Å². The lowest BCUT2D eigenvalue weighted by molar-refractivity contribution is 0.508. The quantitative estimate of drug-likeness (QED) is 0.498. The molecular formula is C20H17F2N5OS. The first-order chi connectivity index (χ1) is 14.0. The molecule has 3 aromatic heterocycles. The Bertz CT molecular complexity index is 1240. The van der Waals surface area contributed by atoms with E-state index in [0.29, 0.717) is 29.4 Å². The third kappa shape index (κ3) is 3.61.